The number of halogens is 3. The standard InChI is InChI=1S/C13H16BrCl2NO3/c1-3-13(4-2,7-14)8-20-12-6-10(16)9(15)5-11(12)17(18)19/h5-6H,3-4,7-8H2,1-2H3. The summed E-state index contributed by atoms with van der Waals surface area (Å²) in [6, 6.07) is 2.61. The number of nitro groups is 1. The van der Waals surface area contributed by atoms with Gasteiger partial charge in [0.2, 0.25) is 0 Å². The maximum Gasteiger partial charge on any atom is 0.312 e. The molecule has 0 bridgehead atoms. The Labute approximate surface area is 136 Å². The van der Waals surface area contributed by atoms with Crippen LogP contribution in [0.15, 0.2) is 12.1 Å². The second kappa shape index (κ2) is 7.48. The zero-order valence-electron chi connectivity index (χ0n) is 11.3. The third-order valence-corrected chi connectivity index (χ3v) is 5.43. The highest BCUT2D eigenvalue weighted by molar-refractivity contribution is 9.09. The number of nitrogens with zero attached hydrogens (tertiary/aromatic N) is 1. The van der Waals surface area contributed by atoms with E-state index >= 15 is 0 Å². The molecule has 0 aliphatic carbocycles. The Kier molecular flexibility index (Phi) is 6.55. The van der Waals surface area contributed by atoms with Crippen LogP contribution < -0.4 is 4.74 Å². The van der Waals surface area contributed by atoms with E-state index in [1.165, 1.54) is 12.1 Å². The molecule has 0 radical (unpaired) electrons. The second-order valence-corrected chi connectivity index (χ2v) is 6.00. The largest absolute Gasteiger partial charge is 0.486 e. The molecule has 0 amide bonds. The summed E-state index contributed by atoms with van der Waals surface area (Å²) in [5.41, 5.74) is -0.227. The van der Waals surface area contributed by atoms with Gasteiger partial charge < -0.3 is 4.74 Å². The number of nitro benzene ring substituents is 1. The van der Waals surface area contributed by atoms with Crippen LogP contribution in [-0.2, 0) is 0 Å². The van der Waals surface area contributed by atoms with Crippen molar-refractivity contribution in [1.29, 1.82) is 0 Å². The average molecular weight is 385 g/mol. The maximum absolute atomic E-state index is 11.0. The van der Waals surface area contributed by atoms with Gasteiger partial charge in [-0.1, -0.05) is 53.0 Å². The zero-order valence-corrected chi connectivity index (χ0v) is 14.4. The number of benzene rings is 1. The number of hydrogen-bond donors (Lipinski definition) is 0. The van der Waals surface area contributed by atoms with E-state index in [0.717, 1.165) is 18.2 Å². The van der Waals surface area contributed by atoms with Gasteiger partial charge in [0.15, 0.2) is 5.75 Å². The fourth-order valence-corrected chi connectivity index (χ4v) is 2.96. The molecule has 0 aliphatic heterocycles. The van der Waals surface area contributed by atoms with Crippen LogP contribution in [0.1, 0.15) is 26.7 Å². The maximum atomic E-state index is 11.0. The topological polar surface area (TPSA) is 52.4 Å². The molecule has 1 aromatic carbocycles. The van der Waals surface area contributed by atoms with Crippen LogP contribution in [0.5, 0.6) is 5.75 Å². The Bertz CT molecular complexity index is 484. The van der Waals surface area contributed by atoms with E-state index in [2.05, 4.69) is 29.8 Å². The number of alkyl halides is 1. The second-order valence-electron chi connectivity index (χ2n) is 4.62. The minimum absolute atomic E-state index is 0.0556. The molecule has 0 N–H and O–H groups in total. The molecular weight excluding hydrogens is 369 g/mol. The number of ether oxygens (including phenoxy) is 1. The van der Waals surface area contributed by atoms with Crippen molar-refractivity contribution in [2.45, 2.75) is 26.7 Å². The first-order valence-electron chi connectivity index (χ1n) is 6.21. The fraction of sp³-hybridized carbons (Fsp3) is 0.538. The summed E-state index contributed by atoms with van der Waals surface area (Å²) in [7, 11) is 0. The molecule has 0 fully saturated rings. The summed E-state index contributed by atoms with van der Waals surface area (Å²) in [5, 5.41) is 12.2. The summed E-state index contributed by atoms with van der Waals surface area (Å²) in [6.07, 6.45) is 1.81. The van der Waals surface area contributed by atoms with Gasteiger partial charge in [0.1, 0.15) is 0 Å². The SMILES string of the molecule is CCC(CC)(CBr)COc1cc(Cl)c(Cl)cc1[N+](=O)[O-]. The zero-order chi connectivity index (χ0) is 15.3. The summed E-state index contributed by atoms with van der Waals surface area (Å²) in [6.45, 7) is 4.51. The molecule has 0 heterocycles. The van der Waals surface area contributed by atoms with Gasteiger partial charge in [-0.05, 0) is 12.8 Å². The first-order chi connectivity index (χ1) is 9.39. The molecule has 20 heavy (non-hydrogen) atoms. The third-order valence-electron chi connectivity index (χ3n) is 3.52. The molecule has 112 valence electrons. The van der Waals surface area contributed by atoms with E-state index < -0.39 is 4.92 Å². The summed E-state index contributed by atoms with van der Waals surface area (Å²) >= 11 is 15.2. The van der Waals surface area contributed by atoms with E-state index in [4.69, 9.17) is 27.9 Å². The molecule has 0 spiro atoms. The lowest BCUT2D eigenvalue weighted by molar-refractivity contribution is -0.385. The van der Waals surface area contributed by atoms with Gasteiger partial charge in [-0.3, -0.25) is 10.1 Å². The Morgan fingerprint density at radius 1 is 1.30 bits per heavy atom. The predicted octanol–water partition coefficient (Wildman–Crippen LogP) is 5.48. The quantitative estimate of drug-likeness (QED) is 0.355. The van der Waals surface area contributed by atoms with Gasteiger partial charge in [0.25, 0.3) is 0 Å². The Balaban J connectivity index is 3.03. The first kappa shape index (κ1) is 17.5. The molecule has 1 aromatic rings. The fourth-order valence-electron chi connectivity index (χ4n) is 1.69. The lowest BCUT2D eigenvalue weighted by atomic mass is 9.86. The van der Waals surface area contributed by atoms with E-state index in [0.29, 0.717) is 6.61 Å². The summed E-state index contributed by atoms with van der Waals surface area (Å²) < 4.78 is 5.66. The van der Waals surface area contributed by atoms with Crippen LogP contribution in [-0.4, -0.2) is 16.9 Å². The molecule has 0 aromatic heterocycles. The lowest BCUT2D eigenvalue weighted by Gasteiger charge is -2.29. The molecule has 4 nitrogen and oxygen atoms in total. The molecule has 0 atom stereocenters. The van der Waals surface area contributed by atoms with Crippen LogP contribution in [0.2, 0.25) is 10.0 Å². The normalized spacial score (nSPS) is 11.4. The van der Waals surface area contributed by atoms with Crippen LogP contribution in [0.25, 0.3) is 0 Å². The van der Waals surface area contributed by atoms with Crippen molar-refractivity contribution in [3.63, 3.8) is 0 Å². The van der Waals surface area contributed by atoms with Crippen LogP contribution in [0.3, 0.4) is 0 Å². The van der Waals surface area contributed by atoms with Crippen LogP contribution >= 0.6 is 39.1 Å². The molecule has 0 unspecified atom stereocenters. The highest BCUT2D eigenvalue weighted by Gasteiger charge is 2.28. The first-order valence-corrected chi connectivity index (χ1v) is 8.09. The van der Waals surface area contributed by atoms with Crippen molar-refractivity contribution in [2.24, 2.45) is 5.41 Å². The number of hydrogen-bond acceptors (Lipinski definition) is 3. The van der Waals surface area contributed by atoms with Crippen LogP contribution in [0.4, 0.5) is 5.69 Å². The monoisotopic (exact) mass is 383 g/mol. The molecule has 7 heteroatoms. The Morgan fingerprint density at radius 3 is 2.30 bits per heavy atom. The predicted molar refractivity (Wildman–Crippen MR) is 85.4 cm³/mol. The Hall–Kier alpha value is -0.520. The van der Waals surface area contributed by atoms with Crippen molar-refractivity contribution in [1.82, 2.24) is 0 Å². The van der Waals surface area contributed by atoms with Gasteiger partial charge in [0.05, 0.1) is 21.6 Å². The minimum atomic E-state index is -0.523. The minimum Gasteiger partial charge on any atom is -0.486 e. The van der Waals surface area contributed by atoms with E-state index in [1.54, 1.807) is 0 Å². The van der Waals surface area contributed by atoms with E-state index in [1.807, 2.05) is 0 Å². The molecule has 0 aliphatic rings. The highest BCUT2D eigenvalue weighted by Crippen LogP contribution is 2.37. The molecular formula is C13H16BrCl2NO3. The Morgan fingerprint density at radius 2 is 1.85 bits per heavy atom. The van der Waals surface area contributed by atoms with Gasteiger partial charge in [-0.15, -0.1) is 0 Å². The highest BCUT2D eigenvalue weighted by atomic mass is 79.9. The van der Waals surface area contributed by atoms with Crippen molar-refractivity contribution in [3.8, 4) is 5.75 Å². The van der Waals surface area contributed by atoms with E-state index in [9.17, 15) is 10.1 Å². The lowest BCUT2D eigenvalue weighted by Crippen LogP contribution is -2.29. The van der Waals surface area contributed by atoms with Crippen molar-refractivity contribution >= 4 is 44.8 Å². The third kappa shape index (κ3) is 3.99. The average Bonchev–Trinajstić information content (AvgIpc) is 2.44. The van der Waals surface area contributed by atoms with Gasteiger partial charge in [-0.2, -0.15) is 0 Å². The summed E-state index contributed by atoms with van der Waals surface area (Å²) in [4.78, 5) is 10.5. The van der Waals surface area contributed by atoms with Gasteiger partial charge >= 0.3 is 5.69 Å². The van der Waals surface area contributed by atoms with Crippen LogP contribution in [0, 0.1) is 15.5 Å². The van der Waals surface area contributed by atoms with Crippen molar-refractivity contribution in [2.75, 3.05) is 11.9 Å². The van der Waals surface area contributed by atoms with Gasteiger partial charge in [0, 0.05) is 22.9 Å². The molecule has 0 saturated carbocycles. The van der Waals surface area contributed by atoms with Crippen molar-refractivity contribution in [3.05, 3.63) is 32.3 Å². The molecule has 0 saturated heterocycles. The smallest absolute Gasteiger partial charge is 0.312 e. The summed E-state index contributed by atoms with van der Waals surface area (Å²) in [5.74, 6) is 0.150. The molecule has 1 rings (SSSR count). The van der Waals surface area contributed by atoms with E-state index in [-0.39, 0.29) is 26.9 Å². The van der Waals surface area contributed by atoms with Gasteiger partial charge in [-0.25, -0.2) is 0 Å². The number of rotatable bonds is 7. The van der Waals surface area contributed by atoms with Crippen molar-refractivity contribution < 1.29 is 9.66 Å².